The van der Waals surface area contributed by atoms with Gasteiger partial charge in [-0.3, -0.25) is 14.5 Å². The number of ether oxygens (including phenoxy) is 1. The molecular formula is C18H15BrN2O4S. The van der Waals surface area contributed by atoms with Gasteiger partial charge in [-0.25, -0.2) is 4.79 Å². The minimum atomic E-state index is -0.693. The van der Waals surface area contributed by atoms with E-state index in [0.717, 1.165) is 21.8 Å². The van der Waals surface area contributed by atoms with Gasteiger partial charge in [-0.15, -0.1) is 0 Å². The van der Waals surface area contributed by atoms with Crippen molar-refractivity contribution in [1.29, 1.82) is 0 Å². The highest BCUT2D eigenvalue weighted by Crippen LogP contribution is 2.29. The zero-order chi connectivity index (χ0) is 18.7. The minimum absolute atomic E-state index is 0.234. The fourth-order valence-corrected chi connectivity index (χ4v) is 3.59. The van der Waals surface area contributed by atoms with Gasteiger partial charge in [-0.2, -0.15) is 0 Å². The topological polar surface area (TPSA) is 75.7 Å². The van der Waals surface area contributed by atoms with Crippen LogP contribution in [0, 0.1) is 0 Å². The average molecular weight is 435 g/mol. The lowest BCUT2D eigenvalue weighted by Crippen LogP contribution is -2.33. The van der Waals surface area contributed by atoms with Crippen LogP contribution in [0.4, 0.5) is 10.5 Å². The normalized spacial score (nSPS) is 16.7. The molecule has 1 aliphatic heterocycles. The van der Waals surface area contributed by atoms with E-state index in [1.807, 2.05) is 24.3 Å². The number of nitrogens with one attached hydrogen (secondary N) is 1. The van der Waals surface area contributed by atoms with Crippen molar-refractivity contribution in [2.75, 3.05) is 12.4 Å². The van der Waals surface area contributed by atoms with Crippen molar-refractivity contribution >= 4 is 50.5 Å². The molecular weight excluding hydrogens is 420 g/mol. The number of rotatable bonds is 5. The molecule has 6 nitrogen and oxygen atoms in total. The van der Waals surface area contributed by atoms with Crippen LogP contribution in [-0.4, -0.2) is 34.5 Å². The molecule has 0 aliphatic carbocycles. The maximum atomic E-state index is 12.6. The summed E-state index contributed by atoms with van der Waals surface area (Å²) < 4.78 is 5.58. The molecule has 1 fully saturated rings. The Morgan fingerprint density at radius 1 is 1.15 bits per heavy atom. The zero-order valence-corrected chi connectivity index (χ0v) is 16.2. The fraction of sp³-hybridized carbons (Fsp3) is 0.167. The summed E-state index contributed by atoms with van der Waals surface area (Å²) in [5.41, 5.74) is 1.93. The van der Waals surface area contributed by atoms with Gasteiger partial charge in [0.25, 0.3) is 11.1 Å². The molecule has 3 rings (SSSR count). The number of thioether (sulfide) groups is 1. The number of carbonyl (C=O) groups excluding carboxylic acids is 3. The maximum absolute atomic E-state index is 12.6. The van der Waals surface area contributed by atoms with E-state index < -0.39 is 11.3 Å². The van der Waals surface area contributed by atoms with E-state index in [1.54, 1.807) is 24.3 Å². The van der Waals surface area contributed by atoms with Crippen molar-refractivity contribution in [2.24, 2.45) is 0 Å². The molecule has 2 aromatic carbocycles. The van der Waals surface area contributed by atoms with Crippen molar-refractivity contribution in [3.05, 3.63) is 64.1 Å². The molecule has 2 aromatic rings. The molecule has 0 bridgehead atoms. The number of anilines is 1. The number of benzene rings is 2. The molecule has 1 unspecified atom stereocenters. The predicted octanol–water partition coefficient (Wildman–Crippen LogP) is 3.87. The molecule has 8 heteroatoms. The van der Waals surface area contributed by atoms with E-state index >= 15 is 0 Å². The Morgan fingerprint density at radius 2 is 1.81 bits per heavy atom. The second-order valence-electron chi connectivity index (χ2n) is 5.53. The number of halogens is 1. The molecule has 1 saturated heterocycles. The molecule has 26 heavy (non-hydrogen) atoms. The van der Waals surface area contributed by atoms with Crippen LogP contribution < -0.4 is 5.32 Å². The standard InChI is InChI=1S/C18H15BrN2O4S/c1-25-17(23)12-4-8-14(9-5-12)20-15-16(22)21(18(24)26-15)10-11-2-6-13(19)7-3-11/h2-9,15,20H,10H2,1H3. The molecule has 2 amide bonds. The molecule has 1 atom stereocenters. The Hall–Kier alpha value is -2.32. The number of methoxy groups -OCH3 is 1. The van der Waals surface area contributed by atoms with Gasteiger partial charge in [0, 0.05) is 10.2 Å². The second kappa shape index (κ2) is 7.92. The van der Waals surface area contributed by atoms with Gasteiger partial charge in [-0.1, -0.05) is 28.1 Å². The van der Waals surface area contributed by atoms with Crippen molar-refractivity contribution in [3.63, 3.8) is 0 Å². The summed E-state index contributed by atoms with van der Waals surface area (Å²) in [6.07, 6.45) is 0. The number of hydrogen-bond acceptors (Lipinski definition) is 6. The van der Waals surface area contributed by atoms with Crippen molar-refractivity contribution in [3.8, 4) is 0 Å². The molecule has 1 heterocycles. The first-order valence-corrected chi connectivity index (χ1v) is 9.36. The van der Waals surface area contributed by atoms with Crippen LogP contribution in [0.1, 0.15) is 15.9 Å². The van der Waals surface area contributed by atoms with Gasteiger partial charge < -0.3 is 10.1 Å². The highest BCUT2D eigenvalue weighted by Gasteiger charge is 2.39. The Labute approximate surface area is 163 Å². The Balaban J connectivity index is 1.66. The van der Waals surface area contributed by atoms with Gasteiger partial charge in [0.05, 0.1) is 19.2 Å². The minimum Gasteiger partial charge on any atom is -0.465 e. The van der Waals surface area contributed by atoms with E-state index in [2.05, 4.69) is 26.0 Å². The van der Waals surface area contributed by atoms with Crippen molar-refractivity contribution < 1.29 is 19.1 Å². The highest BCUT2D eigenvalue weighted by molar-refractivity contribution is 9.10. The Bertz CT molecular complexity index is 839. The molecule has 0 radical (unpaired) electrons. The Kier molecular flexibility index (Phi) is 5.63. The number of amides is 2. The molecule has 1 aliphatic rings. The molecule has 1 N–H and O–H groups in total. The van der Waals surface area contributed by atoms with Gasteiger partial charge in [0.2, 0.25) is 0 Å². The smallest absolute Gasteiger partial charge is 0.337 e. The first kappa shape index (κ1) is 18.5. The van der Waals surface area contributed by atoms with Crippen LogP contribution in [0.2, 0.25) is 0 Å². The summed E-state index contributed by atoms with van der Waals surface area (Å²) in [5.74, 6) is -0.723. The lowest BCUT2D eigenvalue weighted by molar-refractivity contribution is -0.126. The Morgan fingerprint density at radius 3 is 2.42 bits per heavy atom. The number of esters is 1. The SMILES string of the molecule is COC(=O)c1ccc(NC2SC(=O)N(Cc3ccc(Br)cc3)C2=O)cc1. The second-order valence-corrected chi connectivity index (χ2v) is 7.50. The fourth-order valence-electron chi connectivity index (χ4n) is 2.42. The first-order valence-electron chi connectivity index (χ1n) is 7.69. The van der Waals surface area contributed by atoms with Crippen molar-refractivity contribution in [1.82, 2.24) is 4.90 Å². The lowest BCUT2D eigenvalue weighted by atomic mass is 10.2. The number of hydrogen-bond donors (Lipinski definition) is 1. The number of nitrogens with zero attached hydrogens (tertiary/aromatic N) is 1. The zero-order valence-electron chi connectivity index (χ0n) is 13.8. The highest BCUT2D eigenvalue weighted by atomic mass is 79.9. The van der Waals surface area contributed by atoms with Crippen LogP contribution in [0.15, 0.2) is 53.0 Å². The lowest BCUT2D eigenvalue weighted by Gasteiger charge is -2.15. The van der Waals surface area contributed by atoms with E-state index in [9.17, 15) is 14.4 Å². The summed E-state index contributed by atoms with van der Waals surface area (Å²) in [6, 6.07) is 14.0. The van der Waals surface area contributed by atoms with Gasteiger partial charge >= 0.3 is 5.97 Å². The summed E-state index contributed by atoms with van der Waals surface area (Å²) in [4.78, 5) is 37.4. The van der Waals surface area contributed by atoms with E-state index in [0.29, 0.717) is 11.3 Å². The van der Waals surface area contributed by atoms with E-state index in [-0.39, 0.29) is 17.7 Å². The van der Waals surface area contributed by atoms with Crippen molar-refractivity contribution in [2.45, 2.75) is 11.9 Å². The first-order chi connectivity index (χ1) is 12.5. The third kappa shape index (κ3) is 4.08. The maximum Gasteiger partial charge on any atom is 0.337 e. The third-order valence-corrected chi connectivity index (χ3v) is 5.29. The summed E-state index contributed by atoms with van der Waals surface area (Å²) in [5, 5.41) is 2.04. The molecule has 0 aromatic heterocycles. The van der Waals surface area contributed by atoms with E-state index in [1.165, 1.54) is 12.0 Å². The van der Waals surface area contributed by atoms with E-state index in [4.69, 9.17) is 0 Å². The number of carbonyl (C=O) groups is 3. The van der Waals surface area contributed by atoms with Crippen LogP contribution in [0.3, 0.4) is 0 Å². The quantitative estimate of drug-likeness (QED) is 0.719. The van der Waals surface area contributed by atoms with Gasteiger partial charge in [0.1, 0.15) is 0 Å². The van der Waals surface area contributed by atoms with Crippen LogP contribution in [0.5, 0.6) is 0 Å². The van der Waals surface area contributed by atoms with Crippen LogP contribution >= 0.6 is 27.7 Å². The predicted molar refractivity (Wildman–Crippen MR) is 103 cm³/mol. The molecule has 134 valence electrons. The molecule has 0 spiro atoms. The van der Waals surface area contributed by atoms with Gasteiger partial charge in [0.15, 0.2) is 5.37 Å². The van der Waals surface area contributed by atoms with Crippen LogP contribution in [-0.2, 0) is 16.1 Å². The summed E-state index contributed by atoms with van der Waals surface area (Å²) >= 11 is 4.30. The average Bonchev–Trinajstić information content (AvgIpc) is 2.91. The monoisotopic (exact) mass is 434 g/mol. The summed E-state index contributed by atoms with van der Waals surface area (Å²) in [6.45, 7) is 0.234. The molecule has 0 saturated carbocycles. The van der Waals surface area contributed by atoms with Gasteiger partial charge in [-0.05, 0) is 53.7 Å². The summed E-state index contributed by atoms with van der Waals surface area (Å²) in [7, 11) is 1.31. The van der Waals surface area contributed by atoms with Crippen LogP contribution in [0.25, 0.3) is 0 Å². The number of imide groups is 1. The third-order valence-electron chi connectivity index (χ3n) is 3.79. The largest absolute Gasteiger partial charge is 0.465 e.